The van der Waals surface area contributed by atoms with Crippen LogP contribution in [0.3, 0.4) is 0 Å². The molecule has 2 aromatic carbocycles. The molecule has 1 heterocycles. The van der Waals surface area contributed by atoms with Gasteiger partial charge >= 0.3 is 12.1 Å². The van der Waals surface area contributed by atoms with Gasteiger partial charge < -0.3 is 30.3 Å². The molecule has 0 aliphatic heterocycles. The molecule has 3 rings (SSSR count). The number of rotatable bonds is 13. The molecule has 0 saturated heterocycles. The lowest BCUT2D eigenvalue weighted by molar-refractivity contribution is -0.137. The molecule has 11 nitrogen and oxygen atoms in total. The Hall–Kier alpha value is -4.41. The molecule has 3 aromatic rings. The third-order valence-electron chi connectivity index (χ3n) is 5.75. The van der Waals surface area contributed by atoms with E-state index in [0.717, 1.165) is 12.0 Å². The van der Waals surface area contributed by atoms with Crippen molar-refractivity contribution in [3.63, 3.8) is 0 Å². The van der Waals surface area contributed by atoms with E-state index in [0.29, 0.717) is 36.7 Å². The zero-order valence-corrected chi connectivity index (χ0v) is 23.1. The van der Waals surface area contributed by atoms with E-state index in [4.69, 9.17) is 4.74 Å². The number of carbonyl (C=O) groups excluding carboxylic acids is 1. The van der Waals surface area contributed by atoms with Crippen LogP contribution in [0.1, 0.15) is 25.0 Å². The maximum Gasteiger partial charge on any atom is 0.414 e. The molecular weight excluding hydrogens is 498 g/mol. The van der Waals surface area contributed by atoms with Crippen LogP contribution in [0.25, 0.3) is 0 Å². The van der Waals surface area contributed by atoms with Gasteiger partial charge in [-0.25, -0.2) is 9.59 Å². The van der Waals surface area contributed by atoms with E-state index in [9.17, 15) is 14.7 Å². The van der Waals surface area contributed by atoms with Crippen molar-refractivity contribution in [1.82, 2.24) is 19.9 Å². The van der Waals surface area contributed by atoms with E-state index in [-0.39, 0.29) is 12.4 Å². The van der Waals surface area contributed by atoms with E-state index in [1.165, 1.54) is 10.5 Å². The fraction of sp³-hybridized carbons (Fsp3) is 0.393. The van der Waals surface area contributed by atoms with Crippen LogP contribution in [0.4, 0.5) is 22.6 Å². The fourth-order valence-electron chi connectivity index (χ4n) is 3.49. The minimum Gasteiger partial charge on any atom is -0.480 e. The summed E-state index contributed by atoms with van der Waals surface area (Å²) in [6.45, 7) is 5.48. The fourth-order valence-corrected chi connectivity index (χ4v) is 3.49. The van der Waals surface area contributed by atoms with Crippen LogP contribution < -0.4 is 20.3 Å². The zero-order valence-electron chi connectivity index (χ0n) is 23.1. The third-order valence-corrected chi connectivity index (χ3v) is 5.75. The monoisotopic (exact) mass is 535 g/mol. The van der Waals surface area contributed by atoms with Gasteiger partial charge in [-0.1, -0.05) is 56.3 Å². The van der Waals surface area contributed by atoms with Crippen LogP contribution >= 0.6 is 0 Å². The van der Waals surface area contributed by atoms with Gasteiger partial charge in [-0.15, -0.1) is 0 Å². The van der Waals surface area contributed by atoms with Crippen molar-refractivity contribution in [2.45, 2.75) is 32.7 Å². The summed E-state index contributed by atoms with van der Waals surface area (Å²) in [5.41, 5.74) is 1.94. The molecule has 0 fully saturated rings. The molecule has 0 aliphatic rings. The molecule has 1 atom stereocenters. The molecule has 0 unspecified atom stereocenters. The number of ether oxygens (including phenoxy) is 1. The number of nitrogens with zero attached hydrogens (tertiary/aromatic N) is 5. The van der Waals surface area contributed by atoms with Crippen LogP contribution in [0, 0.1) is 5.92 Å². The number of carboxylic acid groups (broad SMARTS) is 1. The highest BCUT2D eigenvalue weighted by molar-refractivity contribution is 5.77. The van der Waals surface area contributed by atoms with Crippen molar-refractivity contribution >= 4 is 29.9 Å². The van der Waals surface area contributed by atoms with Crippen molar-refractivity contribution in [1.29, 1.82) is 0 Å². The van der Waals surface area contributed by atoms with Gasteiger partial charge in [0, 0.05) is 40.7 Å². The Morgan fingerprint density at radius 3 is 2.21 bits per heavy atom. The summed E-state index contributed by atoms with van der Waals surface area (Å²) < 4.78 is 5.23. The lowest BCUT2D eigenvalue weighted by Gasteiger charge is -2.20. The van der Waals surface area contributed by atoms with E-state index < -0.39 is 18.1 Å². The quantitative estimate of drug-likeness (QED) is 0.297. The number of carboxylic acids is 1. The Bertz CT molecular complexity index is 1220. The minimum atomic E-state index is -1.05. The highest BCUT2D eigenvalue weighted by Crippen LogP contribution is 2.18. The van der Waals surface area contributed by atoms with Crippen LogP contribution in [0.2, 0.25) is 0 Å². The van der Waals surface area contributed by atoms with Gasteiger partial charge in [-0.2, -0.15) is 15.0 Å². The van der Waals surface area contributed by atoms with Crippen molar-refractivity contribution in [3.05, 3.63) is 65.7 Å². The van der Waals surface area contributed by atoms with Crippen molar-refractivity contribution in [3.8, 4) is 5.75 Å². The van der Waals surface area contributed by atoms with E-state index >= 15 is 0 Å². The standard InChI is InChI=1S/C28H37N7O4/c1-19(2)18-29-25-31-26(33-27(32-25)35(5)16-15-20-9-7-6-8-10-20)30-23(24(36)37)17-21-11-13-22(14-12-21)39-28(38)34(3)4/h6-14,19,23H,15-18H2,1-5H3,(H,36,37)(H2,29,30,31,32,33)/t23-/m0/s1. The number of likely N-dealkylation sites (N-methyl/N-ethyl adjacent to an activating group) is 1. The van der Waals surface area contributed by atoms with Crippen LogP contribution in [0.15, 0.2) is 54.6 Å². The molecular formula is C28H37N7O4. The smallest absolute Gasteiger partial charge is 0.414 e. The number of anilines is 3. The number of aromatic nitrogens is 3. The topological polar surface area (TPSA) is 133 Å². The average Bonchev–Trinajstić information content (AvgIpc) is 2.91. The van der Waals surface area contributed by atoms with Crippen LogP contribution in [-0.4, -0.2) is 77.3 Å². The summed E-state index contributed by atoms with van der Waals surface area (Å²) in [6, 6.07) is 15.8. The number of carbonyl (C=O) groups is 2. The lowest BCUT2D eigenvalue weighted by Crippen LogP contribution is -2.33. The van der Waals surface area contributed by atoms with Crippen LogP contribution in [0.5, 0.6) is 5.75 Å². The van der Waals surface area contributed by atoms with Crippen LogP contribution in [-0.2, 0) is 17.6 Å². The number of benzene rings is 2. The Morgan fingerprint density at radius 2 is 1.59 bits per heavy atom. The maximum absolute atomic E-state index is 12.1. The predicted octanol–water partition coefficient (Wildman–Crippen LogP) is 3.79. The summed E-state index contributed by atoms with van der Waals surface area (Å²) in [5, 5.41) is 16.1. The first-order valence-electron chi connectivity index (χ1n) is 12.8. The summed E-state index contributed by atoms with van der Waals surface area (Å²) in [4.78, 5) is 40.7. The third kappa shape index (κ3) is 9.44. The van der Waals surface area contributed by atoms with Gasteiger partial charge in [-0.3, -0.25) is 0 Å². The first-order valence-corrected chi connectivity index (χ1v) is 12.8. The predicted molar refractivity (Wildman–Crippen MR) is 151 cm³/mol. The van der Waals surface area contributed by atoms with Gasteiger partial charge in [0.05, 0.1) is 0 Å². The number of nitrogens with one attached hydrogen (secondary N) is 2. The van der Waals surface area contributed by atoms with Gasteiger partial charge in [0.15, 0.2) is 0 Å². The minimum absolute atomic E-state index is 0.164. The van der Waals surface area contributed by atoms with Gasteiger partial charge in [0.1, 0.15) is 11.8 Å². The molecule has 0 aliphatic carbocycles. The summed E-state index contributed by atoms with van der Waals surface area (Å²) in [7, 11) is 5.09. The lowest BCUT2D eigenvalue weighted by atomic mass is 10.1. The maximum atomic E-state index is 12.1. The summed E-state index contributed by atoms with van der Waals surface area (Å²) in [5.74, 6) is 0.670. The van der Waals surface area contributed by atoms with Gasteiger partial charge in [0.2, 0.25) is 17.8 Å². The number of hydrogen-bond acceptors (Lipinski definition) is 9. The number of amides is 1. The van der Waals surface area contributed by atoms with Crippen molar-refractivity contribution in [2.24, 2.45) is 5.92 Å². The molecule has 0 saturated carbocycles. The molecule has 39 heavy (non-hydrogen) atoms. The Labute approximate surface area is 229 Å². The molecule has 0 spiro atoms. The number of hydrogen-bond donors (Lipinski definition) is 3. The van der Waals surface area contributed by atoms with Crippen molar-refractivity contribution in [2.75, 3.05) is 49.8 Å². The van der Waals surface area contributed by atoms with Gasteiger partial charge in [-0.05, 0) is 35.6 Å². The molecule has 1 amide bonds. The zero-order chi connectivity index (χ0) is 28.4. The molecule has 11 heteroatoms. The molecule has 3 N–H and O–H groups in total. The Kier molecular flexibility index (Phi) is 10.4. The highest BCUT2D eigenvalue weighted by atomic mass is 16.6. The second-order valence-electron chi connectivity index (χ2n) is 9.86. The first kappa shape index (κ1) is 29.2. The first-order chi connectivity index (χ1) is 18.6. The SMILES string of the molecule is CC(C)CNc1nc(N[C@@H](Cc2ccc(OC(=O)N(C)C)cc2)C(=O)O)nc(N(C)CCc2ccccc2)n1. The Morgan fingerprint density at radius 1 is 0.923 bits per heavy atom. The molecule has 208 valence electrons. The van der Waals surface area contributed by atoms with E-state index in [1.54, 1.807) is 38.4 Å². The number of aliphatic carboxylic acids is 1. The Balaban J connectivity index is 1.76. The second kappa shape index (κ2) is 13.9. The van der Waals surface area contributed by atoms with Gasteiger partial charge in [0.25, 0.3) is 0 Å². The highest BCUT2D eigenvalue weighted by Gasteiger charge is 2.21. The molecule has 1 aromatic heterocycles. The van der Waals surface area contributed by atoms with E-state index in [1.807, 2.05) is 30.1 Å². The summed E-state index contributed by atoms with van der Waals surface area (Å²) >= 11 is 0. The summed E-state index contributed by atoms with van der Waals surface area (Å²) in [6.07, 6.45) is 0.476. The van der Waals surface area contributed by atoms with E-state index in [2.05, 4.69) is 51.6 Å². The molecule has 0 radical (unpaired) electrons. The normalized spacial score (nSPS) is 11.5. The molecule has 0 bridgehead atoms. The van der Waals surface area contributed by atoms with Crippen molar-refractivity contribution < 1.29 is 19.4 Å². The second-order valence-corrected chi connectivity index (χ2v) is 9.86. The average molecular weight is 536 g/mol. The largest absolute Gasteiger partial charge is 0.480 e.